The monoisotopic (exact) mass is 589 g/mol. The predicted octanol–water partition coefficient (Wildman–Crippen LogP) is 3.16. The quantitative estimate of drug-likeness (QED) is 0.164. The van der Waals surface area contributed by atoms with Crippen molar-refractivity contribution in [3.8, 4) is 0 Å². The van der Waals surface area contributed by atoms with Gasteiger partial charge in [-0.15, -0.1) is 0 Å². The van der Waals surface area contributed by atoms with Crippen molar-refractivity contribution < 1.29 is 33.7 Å². The number of carbonyl (C=O) groups excluding carboxylic acids is 3. The second kappa shape index (κ2) is 14.7. The third-order valence-corrected chi connectivity index (χ3v) is 5.61. The number of guanidine groups is 1. The van der Waals surface area contributed by atoms with Gasteiger partial charge in [-0.25, -0.2) is 39.2 Å². The van der Waals surface area contributed by atoms with Crippen LogP contribution in [-0.4, -0.2) is 106 Å². The molecule has 1 aromatic heterocycles. The number of hydrogen-bond donors (Lipinski definition) is 1. The zero-order valence-corrected chi connectivity index (χ0v) is 25.8. The Balaban J connectivity index is 2.18. The summed E-state index contributed by atoms with van der Waals surface area (Å²) in [7, 11) is 0. The second-order valence-electron chi connectivity index (χ2n) is 11.5. The van der Waals surface area contributed by atoms with Crippen LogP contribution >= 0.6 is 0 Å². The van der Waals surface area contributed by atoms with Gasteiger partial charge < -0.3 is 29.1 Å². The highest BCUT2D eigenvalue weighted by Gasteiger charge is 2.33. The lowest BCUT2D eigenvalue weighted by Crippen LogP contribution is -2.56. The van der Waals surface area contributed by atoms with E-state index in [4.69, 9.17) is 14.2 Å². The van der Waals surface area contributed by atoms with E-state index in [0.717, 1.165) is 4.90 Å². The number of anilines is 1. The summed E-state index contributed by atoms with van der Waals surface area (Å²) in [6, 6.07) is -0.397. The van der Waals surface area contributed by atoms with Crippen LogP contribution in [0.25, 0.3) is 0 Å². The summed E-state index contributed by atoms with van der Waals surface area (Å²) in [5.74, 6) is 0.197. The van der Waals surface area contributed by atoms with Crippen LogP contribution in [0.2, 0.25) is 0 Å². The van der Waals surface area contributed by atoms with Crippen LogP contribution < -0.4 is 4.90 Å². The number of imide groups is 1. The topological polar surface area (TPSA) is 159 Å². The summed E-state index contributed by atoms with van der Waals surface area (Å²) >= 11 is 0. The molecule has 1 N–H and O–H groups in total. The normalized spacial score (nSPS) is 16.5. The number of aliphatic imine (C=N–C) groups is 2. The van der Waals surface area contributed by atoms with Crippen molar-refractivity contribution in [1.29, 1.82) is 0 Å². The van der Waals surface area contributed by atoms with Crippen molar-refractivity contribution >= 4 is 36.8 Å². The Kier molecular flexibility index (Phi) is 12.0. The van der Waals surface area contributed by atoms with Gasteiger partial charge in [-0.3, -0.25) is 0 Å². The molecule has 2 heterocycles. The maximum absolute atomic E-state index is 12.8. The first-order valence-corrected chi connectivity index (χ1v) is 13.6. The van der Waals surface area contributed by atoms with E-state index in [-0.39, 0.29) is 19.8 Å². The Labute approximate surface area is 247 Å². The number of rotatable bonds is 7. The predicted molar refractivity (Wildman–Crippen MR) is 157 cm³/mol. The summed E-state index contributed by atoms with van der Waals surface area (Å²) in [5.41, 5.74) is -0.841. The second-order valence-corrected chi connectivity index (χ2v) is 11.5. The number of piperazine rings is 1. The van der Waals surface area contributed by atoms with E-state index in [1.165, 1.54) is 18.6 Å². The molecule has 1 aliphatic rings. The summed E-state index contributed by atoms with van der Waals surface area (Å²) < 4.78 is 15.8. The van der Waals surface area contributed by atoms with Gasteiger partial charge in [0, 0.05) is 43.8 Å². The summed E-state index contributed by atoms with van der Waals surface area (Å²) in [6.45, 7) is 18.3. The van der Waals surface area contributed by atoms with Gasteiger partial charge in [0.05, 0.1) is 31.4 Å². The third-order valence-electron chi connectivity index (χ3n) is 5.61. The van der Waals surface area contributed by atoms with Crippen LogP contribution in [0.4, 0.5) is 15.5 Å². The molecule has 1 atom stereocenters. The zero-order chi connectivity index (χ0) is 31.7. The number of aromatic nitrogens is 2. The van der Waals surface area contributed by atoms with Gasteiger partial charge in [-0.2, -0.15) is 0 Å². The highest BCUT2D eigenvalue weighted by atomic mass is 16.6. The van der Waals surface area contributed by atoms with Gasteiger partial charge >= 0.3 is 18.2 Å². The van der Waals surface area contributed by atoms with E-state index in [1.54, 1.807) is 55.4 Å². The van der Waals surface area contributed by atoms with E-state index in [2.05, 4.69) is 26.7 Å². The van der Waals surface area contributed by atoms with Crippen LogP contribution in [0.15, 0.2) is 34.2 Å². The molecular formula is C28H43N7O7. The molecule has 1 aliphatic heterocycles. The van der Waals surface area contributed by atoms with Gasteiger partial charge in [-0.05, 0) is 62.1 Å². The van der Waals surface area contributed by atoms with Crippen molar-refractivity contribution in [2.24, 2.45) is 9.98 Å². The van der Waals surface area contributed by atoms with Crippen LogP contribution in [0.1, 0.15) is 61.0 Å². The Bertz CT molecular complexity index is 1140. The molecule has 14 nitrogen and oxygen atoms in total. The van der Waals surface area contributed by atoms with E-state index >= 15 is 0 Å². The number of nitrogens with zero attached hydrogens (tertiary/aromatic N) is 7. The third kappa shape index (κ3) is 10.4. The van der Waals surface area contributed by atoms with Crippen LogP contribution in [-0.2, 0) is 25.5 Å². The van der Waals surface area contributed by atoms with Gasteiger partial charge in [0.25, 0.3) is 0 Å². The molecule has 42 heavy (non-hydrogen) atoms. The molecular weight excluding hydrogens is 546 g/mol. The number of hydrogen-bond acceptors (Lipinski definition) is 11. The van der Waals surface area contributed by atoms with E-state index < -0.39 is 35.4 Å². The van der Waals surface area contributed by atoms with Gasteiger partial charge in [0.15, 0.2) is 0 Å². The molecule has 232 valence electrons. The molecule has 0 aliphatic carbocycles. The molecule has 0 saturated carbocycles. The molecule has 2 rings (SSSR count). The molecule has 1 fully saturated rings. The van der Waals surface area contributed by atoms with Crippen molar-refractivity contribution in [3.63, 3.8) is 0 Å². The number of amides is 2. The fourth-order valence-corrected chi connectivity index (χ4v) is 3.73. The summed E-state index contributed by atoms with van der Waals surface area (Å²) in [6.07, 6.45) is 2.69. The first-order chi connectivity index (χ1) is 19.6. The molecule has 14 heteroatoms. The Morgan fingerprint density at radius 1 is 1.10 bits per heavy atom. The highest BCUT2D eigenvalue weighted by Crippen LogP contribution is 2.20. The van der Waals surface area contributed by atoms with E-state index in [9.17, 15) is 19.5 Å². The molecule has 2 amide bonds. The molecule has 1 saturated heterocycles. The average Bonchev–Trinajstić information content (AvgIpc) is 2.90. The summed E-state index contributed by atoms with van der Waals surface area (Å²) in [5, 5.41) is 10.1. The van der Waals surface area contributed by atoms with Gasteiger partial charge in [0.2, 0.25) is 11.9 Å². The molecule has 0 radical (unpaired) electrons. The highest BCUT2D eigenvalue weighted by molar-refractivity contribution is 5.89. The molecule has 0 spiro atoms. The maximum atomic E-state index is 12.8. The number of aliphatic hydroxyl groups is 1. The lowest BCUT2D eigenvalue weighted by molar-refractivity contribution is -0.138. The fraction of sp³-hybridized carbons (Fsp3) is 0.607. The zero-order valence-electron chi connectivity index (χ0n) is 25.8. The van der Waals surface area contributed by atoms with Gasteiger partial charge in [-0.1, -0.05) is 0 Å². The van der Waals surface area contributed by atoms with Crippen molar-refractivity contribution in [2.45, 2.75) is 79.2 Å². The molecule has 1 aromatic rings. The SMILES string of the molecule is C=N/C(=N\C=C(/C)C(=O)OCC)N1CCN(c2ncc(CN(C(=O)OC(C)(C)C)C(=O)OC(C)(C)C)cn2)C(CO)C1. The van der Waals surface area contributed by atoms with Crippen LogP contribution in [0.3, 0.4) is 0 Å². The summed E-state index contributed by atoms with van der Waals surface area (Å²) in [4.78, 5) is 59.2. The number of aliphatic hydroxyl groups excluding tert-OH is 1. The lowest BCUT2D eigenvalue weighted by Gasteiger charge is -2.40. The Morgan fingerprint density at radius 2 is 1.67 bits per heavy atom. The van der Waals surface area contributed by atoms with Crippen molar-refractivity contribution in [1.82, 2.24) is 19.8 Å². The Hall–Kier alpha value is -4.07. The van der Waals surface area contributed by atoms with Gasteiger partial charge in [0.1, 0.15) is 11.2 Å². The van der Waals surface area contributed by atoms with Crippen molar-refractivity contribution in [3.05, 3.63) is 29.7 Å². The Morgan fingerprint density at radius 3 is 2.14 bits per heavy atom. The minimum atomic E-state index is -0.849. The number of carbonyl (C=O) groups is 3. The smallest absolute Gasteiger partial charge is 0.420 e. The lowest BCUT2D eigenvalue weighted by atomic mass is 10.2. The van der Waals surface area contributed by atoms with Crippen molar-refractivity contribution in [2.75, 3.05) is 37.7 Å². The van der Waals surface area contributed by atoms with E-state index in [1.807, 2.05) is 9.80 Å². The molecule has 1 unspecified atom stereocenters. The van der Waals surface area contributed by atoms with Crippen LogP contribution in [0, 0.1) is 0 Å². The van der Waals surface area contributed by atoms with Crippen LogP contribution in [0.5, 0.6) is 0 Å². The largest absolute Gasteiger partial charge is 0.463 e. The standard InChI is InChI=1S/C28H43N7O7/c1-10-40-22(37)19(2)13-30-23(29-9)33-11-12-34(21(17-33)18-36)24-31-14-20(15-32-24)16-35(25(38)41-27(3,4)5)26(39)42-28(6,7)8/h13-15,21,36H,9-12,16-18H2,1-8H3/b19-13+,30-23+. The minimum absolute atomic E-state index is 0.162. The fourth-order valence-electron chi connectivity index (χ4n) is 3.73. The minimum Gasteiger partial charge on any atom is -0.463 e. The number of esters is 1. The molecule has 0 aromatic carbocycles. The average molecular weight is 590 g/mol. The number of ether oxygens (including phenoxy) is 3. The maximum Gasteiger partial charge on any atom is 0.420 e. The first-order valence-electron chi connectivity index (χ1n) is 13.6. The first kappa shape index (κ1) is 34.1. The molecule has 0 bridgehead atoms. The van der Waals surface area contributed by atoms with E-state index in [0.29, 0.717) is 42.7 Å².